The Morgan fingerprint density at radius 3 is 2.62 bits per heavy atom. The van der Waals surface area contributed by atoms with Crippen LogP contribution in [0.4, 0.5) is 0 Å². The Kier molecular flexibility index (Phi) is 5.72. The van der Waals surface area contributed by atoms with E-state index in [0.717, 1.165) is 44.2 Å². The predicted molar refractivity (Wildman–Crippen MR) is 86.1 cm³/mol. The number of nitrogens with two attached hydrogens (primary N) is 1. The minimum Gasteiger partial charge on any atom is -0.339 e. The highest BCUT2D eigenvalue weighted by Gasteiger charge is 2.27. The van der Waals surface area contributed by atoms with Crippen LogP contribution >= 0.6 is 11.3 Å². The van der Waals surface area contributed by atoms with Crippen LogP contribution < -0.4 is 5.73 Å². The molecule has 2 unspecified atom stereocenters. The quantitative estimate of drug-likeness (QED) is 0.894. The molecule has 1 aliphatic heterocycles. The molecule has 2 heterocycles. The fraction of sp³-hybridized carbons (Fsp3) is 0.733. The number of hydrogen-bond donors (Lipinski definition) is 1. The van der Waals surface area contributed by atoms with E-state index in [-0.39, 0.29) is 17.9 Å². The van der Waals surface area contributed by atoms with Crippen molar-refractivity contribution in [2.24, 2.45) is 11.7 Å². The molecule has 2 N–H and O–H groups in total. The number of thiazole rings is 1. The monoisotopic (exact) mass is 310 g/mol. The zero-order chi connectivity index (χ0) is 15.4. The van der Waals surface area contributed by atoms with Gasteiger partial charge in [-0.2, -0.15) is 0 Å². The summed E-state index contributed by atoms with van der Waals surface area (Å²) in [7, 11) is 0. The molecule has 5 nitrogen and oxygen atoms in total. The number of hydrogen-bond acceptors (Lipinski definition) is 5. The molecular weight excluding hydrogens is 284 g/mol. The van der Waals surface area contributed by atoms with Gasteiger partial charge in [0, 0.05) is 43.8 Å². The fourth-order valence-electron chi connectivity index (χ4n) is 2.53. The Morgan fingerprint density at radius 1 is 1.43 bits per heavy atom. The van der Waals surface area contributed by atoms with Crippen LogP contribution in [0, 0.1) is 12.8 Å². The SMILES string of the molecule is CCC(C)C(N)C(=O)N1CCN(Cc2cnc(C)s2)CC1. The van der Waals surface area contributed by atoms with E-state index in [2.05, 4.69) is 16.8 Å². The summed E-state index contributed by atoms with van der Waals surface area (Å²) in [5.74, 6) is 0.355. The number of piperazine rings is 1. The molecule has 2 rings (SSSR count). The Labute approximate surface area is 131 Å². The summed E-state index contributed by atoms with van der Waals surface area (Å²) in [6, 6.07) is -0.356. The van der Waals surface area contributed by atoms with E-state index in [1.165, 1.54) is 4.88 Å². The van der Waals surface area contributed by atoms with Gasteiger partial charge in [-0.1, -0.05) is 20.3 Å². The van der Waals surface area contributed by atoms with Gasteiger partial charge in [-0.15, -0.1) is 11.3 Å². The third-order valence-electron chi connectivity index (χ3n) is 4.27. The number of amides is 1. The number of rotatable bonds is 5. The van der Waals surface area contributed by atoms with Gasteiger partial charge in [0.25, 0.3) is 0 Å². The average molecular weight is 310 g/mol. The highest BCUT2D eigenvalue weighted by molar-refractivity contribution is 7.11. The highest BCUT2D eigenvalue weighted by Crippen LogP contribution is 2.16. The van der Waals surface area contributed by atoms with Gasteiger partial charge >= 0.3 is 0 Å². The van der Waals surface area contributed by atoms with Crippen LogP contribution in [0.3, 0.4) is 0 Å². The molecule has 1 aliphatic rings. The van der Waals surface area contributed by atoms with Crippen LogP contribution in [0.25, 0.3) is 0 Å². The Bertz CT molecular complexity index is 468. The molecule has 0 bridgehead atoms. The Balaban J connectivity index is 1.81. The zero-order valence-electron chi connectivity index (χ0n) is 13.2. The van der Waals surface area contributed by atoms with Crippen LogP contribution in [0.2, 0.25) is 0 Å². The van der Waals surface area contributed by atoms with E-state index in [1.54, 1.807) is 11.3 Å². The van der Waals surface area contributed by atoms with E-state index in [1.807, 2.05) is 24.9 Å². The Hall–Kier alpha value is -0.980. The van der Waals surface area contributed by atoms with E-state index in [0.29, 0.717) is 0 Å². The molecule has 0 radical (unpaired) electrons. The van der Waals surface area contributed by atoms with Crippen molar-refractivity contribution in [1.29, 1.82) is 0 Å². The van der Waals surface area contributed by atoms with Crippen molar-refractivity contribution in [1.82, 2.24) is 14.8 Å². The second-order valence-corrected chi connectivity index (χ2v) is 7.18. The summed E-state index contributed by atoms with van der Waals surface area (Å²) >= 11 is 1.75. The van der Waals surface area contributed by atoms with Gasteiger partial charge in [-0.25, -0.2) is 4.98 Å². The van der Waals surface area contributed by atoms with Crippen molar-refractivity contribution in [3.05, 3.63) is 16.1 Å². The summed E-state index contributed by atoms with van der Waals surface area (Å²) < 4.78 is 0. The molecule has 1 fully saturated rings. The lowest BCUT2D eigenvalue weighted by Gasteiger charge is -2.36. The molecule has 1 aromatic rings. The van der Waals surface area contributed by atoms with Crippen LogP contribution in [0.1, 0.15) is 30.2 Å². The molecule has 0 aromatic carbocycles. The second kappa shape index (κ2) is 7.33. The third-order valence-corrected chi connectivity index (χ3v) is 5.17. The lowest BCUT2D eigenvalue weighted by molar-refractivity contribution is -0.135. The molecule has 0 saturated carbocycles. The molecular formula is C15H26N4OS. The van der Waals surface area contributed by atoms with Gasteiger partial charge in [-0.05, 0) is 12.8 Å². The Morgan fingerprint density at radius 2 is 2.10 bits per heavy atom. The maximum Gasteiger partial charge on any atom is 0.239 e. The summed E-state index contributed by atoms with van der Waals surface area (Å²) in [5, 5.41) is 1.11. The van der Waals surface area contributed by atoms with Gasteiger partial charge in [0.1, 0.15) is 0 Å². The van der Waals surface area contributed by atoms with Gasteiger partial charge in [-0.3, -0.25) is 9.69 Å². The van der Waals surface area contributed by atoms with Crippen molar-refractivity contribution in [2.45, 2.75) is 39.8 Å². The maximum atomic E-state index is 12.3. The molecule has 118 valence electrons. The summed E-state index contributed by atoms with van der Waals surface area (Å²) in [6.07, 6.45) is 2.90. The van der Waals surface area contributed by atoms with Crippen molar-refractivity contribution >= 4 is 17.2 Å². The molecule has 0 aliphatic carbocycles. The summed E-state index contributed by atoms with van der Waals surface area (Å²) in [5.41, 5.74) is 6.05. The molecule has 2 atom stereocenters. The van der Waals surface area contributed by atoms with Crippen molar-refractivity contribution in [3.8, 4) is 0 Å². The van der Waals surface area contributed by atoms with E-state index < -0.39 is 0 Å². The van der Waals surface area contributed by atoms with Gasteiger partial charge in [0.05, 0.1) is 11.0 Å². The first-order valence-electron chi connectivity index (χ1n) is 7.69. The standard InChI is InChI=1S/C15H26N4OS/c1-4-11(2)14(16)15(20)19-7-5-18(6-8-19)10-13-9-17-12(3)21-13/h9,11,14H,4-8,10,16H2,1-3H3. The van der Waals surface area contributed by atoms with E-state index in [4.69, 9.17) is 5.73 Å². The smallest absolute Gasteiger partial charge is 0.239 e. The first-order chi connectivity index (χ1) is 10.0. The fourth-order valence-corrected chi connectivity index (χ4v) is 3.37. The zero-order valence-corrected chi connectivity index (χ0v) is 14.0. The van der Waals surface area contributed by atoms with Gasteiger partial charge in [0.15, 0.2) is 0 Å². The topological polar surface area (TPSA) is 62.5 Å². The molecule has 21 heavy (non-hydrogen) atoms. The molecule has 1 amide bonds. The normalized spacial score (nSPS) is 19.5. The predicted octanol–water partition coefficient (Wildman–Crippen LogP) is 1.47. The maximum absolute atomic E-state index is 12.3. The average Bonchev–Trinajstić information content (AvgIpc) is 2.90. The van der Waals surface area contributed by atoms with Gasteiger partial charge < -0.3 is 10.6 Å². The van der Waals surface area contributed by atoms with Crippen molar-refractivity contribution < 1.29 is 4.79 Å². The second-order valence-electron chi connectivity index (χ2n) is 5.86. The molecule has 1 saturated heterocycles. The molecule has 0 spiro atoms. The minimum absolute atomic E-state index is 0.109. The largest absolute Gasteiger partial charge is 0.339 e. The minimum atomic E-state index is -0.356. The third kappa shape index (κ3) is 4.25. The highest BCUT2D eigenvalue weighted by atomic mass is 32.1. The van der Waals surface area contributed by atoms with E-state index in [9.17, 15) is 4.79 Å². The lowest BCUT2D eigenvalue weighted by atomic mass is 9.98. The first kappa shape index (κ1) is 16.4. The number of carbonyl (C=O) groups excluding carboxylic acids is 1. The van der Waals surface area contributed by atoms with Crippen molar-refractivity contribution in [2.75, 3.05) is 26.2 Å². The van der Waals surface area contributed by atoms with Crippen LogP contribution in [-0.2, 0) is 11.3 Å². The first-order valence-corrected chi connectivity index (χ1v) is 8.51. The lowest BCUT2D eigenvalue weighted by Crippen LogP contribution is -2.54. The van der Waals surface area contributed by atoms with Crippen LogP contribution in [0.5, 0.6) is 0 Å². The molecule has 6 heteroatoms. The van der Waals surface area contributed by atoms with Crippen molar-refractivity contribution in [3.63, 3.8) is 0 Å². The summed E-state index contributed by atoms with van der Waals surface area (Å²) in [4.78, 5) is 22.2. The number of carbonyl (C=O) groups is 1. The molecule has 1 aromatic heterocycles. The number of aromatic nitrogens is 1. The number of nitrogens with zero attached hydrogens (tertiary/aromatic N) is 3. The van der Waals surface area contributed by atoms with Crippen LogP contribution in [0.15, 0.2) is 6.20 Å². The van der Waals surface area contributed by atoms with Crippen LogP contribution in [-0.4, -0.2) is 52.9 Å². The van der Waals surface area contributed by atoms with Gasteiger partial charge in [0.2, 0.25) is 5.91 Å². The van der Waals surface area contributed by atoms with E-state index >= 15 is 0 Å². The number of aryl methyl sites for hydroxylation is 1. The summed E-state index contributed by atoms with van der Waals surface area (Å²) in [6.45, 7) is 10.5.